The minimum atomic E-state index is -1.81. The first kappa shape index (κ1) is 15.4. The number of carbonyl (C=O) groups excluding carboxylic acids is 1. The van der Waals surface area contributed by atoms with Gasteiger partial charge in [0.2, 0.25) is 0 Å². The summed E-state index contributed by atoms with van der Waals surface area (Å²) in [6.45, 7) is 5.32. The van der Waals surface area contributed by atoms with Gasteiger partial charge in [-0.3, -0.25) is 14.4 Å². The molecule has 0 saturated heterocycles. The molecule has 2 N–H and O–H groups in total. The second kappa shape index (κ2) is 5.55. The Morgan fingerprint density at radius 2 is 1.89 bits per heavy atom. The molecule has 2 atom stereocenters. The molecule has 19 heavy (non-hydrogen) atoms. The van der Waals surface area contributed by atoms with Crippen molar-refractivity contribution in [1.29, 1.82) is 0 Å². The van der Waals surface area contributed by atoms with Crippen LogP contribution in [0.5, 0.6) is 0 Å². The van der Waals surface area contributed by atoms with Crippen LogP contribution in [0.3, 0.4) is 0 Å². The summed E-state index contributed by atoms with van der Waals surface area (Å²) in [7, 11) is 0. The monoisotopic (exact) mass is 268 g/mol. The first-order chi connectivity index (χ1) is 8.71. The van der Waals surface area contributed by atoms with Gasteiger partial charge in [0.1, 0.15) is 5.41 Å². The molecule has 5 heteroatoms. The van der Waals surface area contributed by atoms with Gasteiger partial charge in [-0.1, -0.05) is 26.3 Å². The first-order valence-corrected chi connectivity index (χ1v) is 6.42. The highest BCUT2D eigenvalue weighted by Gasteiger charge is 2.53. The molecule has 0 bridgehead atoms. The number of aliphatic carboxylic acids is 2. The molecule has 1 aliphatic rings. The van der Waals surface area contributed by atoms with Crippen LogP contribution in [-0.2, 0) is 14.4 Å². The number of hydrogen-bond acceptors (Lipinski definition) is 3. The van der Waals surface area contributed by atoms with Gasteiger partial charge in [-0.2, -0.15) is 0 Å². The number of carboxylic acid groups (broad SMARTS) is 2. The Kier molecular flexibility index (Phi) is 4.50. The highest BCUT2D eigenvalue weighted by Crippen LogP contribution is 2.41. The van der Waals surface area contributed by atoms with Gasteiger partial charge >= 0.3 is 11.9 Å². The molecule has 0 fully saturated rings. The van der Waals surface area contributed by atoms with Gasteiger partial charge in [0.25, 0.3) is 0 Å². The van der Waals surface area contributed by atoms with Crippen molar-refractivity contribution >= 4 is 17.7 Å². The summed E-state index contributed by atoms with van der Waals surface area (Å²) in [5.74, 6) is -4.02. The van der Waals surface area contributed by atoms with E-state index in [1.54, 1.807) is 0 Å². The van der Waals surface area contributed by atoms with E-state index < -0.39 is 29.1 Å². The standard InChI is InChI=1S/C14H20O5/c1-8(2)6-10-4-5-14(13(18)19,11(15)7-10)9(3)12(16)17/h7-9H,4-6H2,1-3H3,(H,16,17)(H,18,19). The highest BCUT2D eigenvalue weighted by molar-refractivity contribution is 6.12. The van der Waals surface area contributed by atoms with Crippen molar-refractivity contribution in [2.24, 2.45) is 17.3 Å². The number of ketones is 1. The number of carboxylic acids is 2. The number of rotatable bonds is 5. The normalized spacial score (nSPS) is 25.1. The average molecular weight is 268 g/mol. The smallest absolute Gasteiger partial charge is 0.318 e. The van der Waals surface area contributed by atoms with Crippen LogP contribution in [-0.4, -0.2) is 27.9 Å². The molecule has 0 saturated carbocycles. The molecular formula is C14H20O5. The van der Waals surface area contributed by atoms with E-state index >= 15 is 0 Å². The molecule has 0 amide bonds. The molecule has 0 aromatic rings. The largest absolute Gasteiger partial charge is 0.481 e. The van der Waals surface area contributed by atoms with Crippen LogP contribution in [0.2, 0.25) is 0 Å². The van der Waals surface area contributed by atoms with E-state index in [1.807, 2.05) is 13.8 Å². The minimum Gasteiger partial charge on any atom is -0.481 e. The number of allylic oxidation sites excluding steroid dienone is 2. The van der Waals surface area contributed by atoms with Crippen molar-refractivity contribution in [3.8, 4) is 0 Å². The summed E-state index contributed by atoms with van der Waals surface area (Å²) >= 11 is 0. The maximum absolute atomic E-state index is 12.2. The Morgan fingerprint density at radius 3 is 2.26 bits per heavy atom. The summed E-state index contributed by atoms with van der Waals surface area (Å²) in [5.41, 5.74) is -0.902. The van der Waals surface area contributed by atoms with Gasteiger partial charge in [-0.05, 0) is 31.3 Å². The molecule has 1 rings (SSSR count). The second-order valence-electron chi connectivity index (χ2n) is 5.60. The minimum absolute atomic E-state index is 0.0627. The Bertz CT molecular complexity index is 435. The van der Waals surface area contributed by atoms with Crippen LogP contribution in [0.25, 0.3) is 0 Å². The van der Waals surface area contributed by atoms with E-state index in [0.717, 1.165) is 12.0 Å². The Morgan fingerprint density at radius 1 is 1.32 bits per heavy atom. The fourth-order valence-electron chi connectivity index (χ4n) is 2.59. The van der Waals surface area contributed by atoms with E-state index in [2.05, 4.69) is 0 Å². The maximum atomic E-state index is 12.2. The molecule has 0 aromatic heterocycles. The fourth-order valence-corrected chi connectivity index (χ4v) is 2.59. The molecule has 5 nitrogen and oxygen atoms in total. The third kappa shape index (κ3) is 2.85. The third-order valence-electron chi connectivity index (χ3n) is 3.78. The highest BCUT2D eigenvalue weighted by atomic mass is 16.4. The summed E-state index contributed by atoms with van der Waals surface area (Å²) in [6.07, 6.45) is 2.61. The lowest BCUT2D eigenvalue weighted by Gasteiger charge is -2.34. The van der Waals surface area contributed by atoms with E-state index in [1.165, 1.54) is 13.0 Å². The van der Waals surface area contributed by atoms with Crippen LogP contribution in [0.1, 0.15) is 40.0 Å². The molecule has 0 aliphatic heterocycles. The van der Waals surface area contributed by atoms with E-state index in [0.29, 0.717) is 12.3 Å². The van der Waals surface area contributed by atoms with Gasteiger partial charge in [0, 0.05) is 0 Å². The SMILES string of the molecule is CC(C)CC1=CC(=O)C(C(=O)O)(C(C)C(=O)O)CC1. The lowest BCUT2D eigenvalue weighted by molar-refractivity contribution is -0.166. The zero-order valence-electron chi connectivity index (χ0n) is 11.5. The van der Waals surface area contributed by atoms with Crippen molar-refractivity contribution in [3.05, 3.63) is 11.6 Å². The van der Waals surface area contributed by atoms with Crippen molar-refractivity contribution < 1.29 is 24.6 Å². The summed E-state index contributed by atoms with van der Waals surface area (Å²) in [5, 5.41) is 18.4. The Labute approximate surface area is 112 Å². The number of hydrogen-bond donors (Lipinski definition) is 2. The number of carbonyl (C=O) groups is 3. The fraction of sp³-hybridized carbons (Fsp3) is 0.643. The quantitative estimate of drug-likeness (QED) is 0.745. The lowest BCUT2D eigenvalue weighted by atomic mass is 9.65. The summed E-state index contributed by atoms with van der Waals surface area (Å²) in [4.78, 5) is 34.7. The average Bonchev–Trinajstić information content (AvgIpc) is 2.27. The molecule has 2 unspecified atom stereocenters. The summed E-state index contributed by atoms with van der Waals surface area (Å²) in [6, 6.07) is 0. The van der Waals surface area contributed by atoms with Gasteiger partial charge < -0.3 is 10.2 Å². The van der Waals surface area contributed by atoms with Gasteiger partial charge in [0.05, 0.1) is 5.92 Å². The van der Waals surface area contributed by atoms with Crippen LogP contribution >= 0.6 is 0 Å². The molecule has 0 heterocycles. The molecule has 0 radical (unpaired) electrons. The molecule has 0 spiro atoms. The van der Waals surface area contributed by atoms with E-state index in [-0.39, 0.29) is 6.42 Å². The van der Waals surface area contributed by atoms with Crippen LogP contribution < -0.4 is 0 Å². The van der Waals surface area contributed by atoms with Crippen molar-refractivity contribution in [1.82, 2.24) is 0 Å². The van der Waals surface area contributed by atoms with Crippen LogP contribution in [0, 0.1) is 17.3 Å². The Balaban J connectivity index is 3.12. The zero-order chi connectivity index (χ0) is 14.8. The van der Waals surface area contributed by atoms with Crippen LogP contribution in [0.15, 0.2) is 11.6 Å². The zero-order valence-corrected chi connectivity index (χ0v) is 11.5. The topological polar surface area (TPSA) is 91.7 Å². The van der Waals surface area contributed by atoms with E-state index in [9.17, 15) is 19.5 Å². The molecular weight excluding hydrogens is 248 g/mol. The third-order valence-corrected chi connectivity index (χ3v) is 3.78. The predicted octanol–water partition coefficient (Wildman–Crippen LogP) is 2.11. The first-order valence-electron chi connectivity index (χ1n) is 6.42. The van der Waals surface area contributed by atoms with Crippen molar-refractivity contribution in [2.75, 3.05) is 0 Å². The van der Waals surface area contributed by atoms with Crippen molar-refractivity contribution in [3.63, 3.8) is 0 Å². The molecule has 1 aliphatic carbocycles. The Hall–Kier alpha value is -1.65. The van der Waals surface area contributed by atoms with Crippen LogP contribution in [0.4, 0.5) is 0 Å². The maximum Gasteiger partial charge on any atom is 0.318 e. The predicted molar refractivity (Wildman–Crippen MR) is 68.6 cm³/mol. The second-order valence-corrected chi connectivity index (χ2v) is 5.60. The van der Waals surface area contributed by atoms with Crippen molar-refractivity contribution in [2.45, 2.75) is 40.0 Å². The van der Waals surface area contributed by atoms with E-state index in [4.69, 9.17) is 5.11 Å². The lowest BCUT2D eigenvalue weighted by Crippen LogP contribution is -2.48. The van der Waals surface area contributed by atoms with Gasteiger partial charge in [-0.15, -0.1) is 0 Å². The molecule has 106 valence electrons. The summed E-state index contributed by atoms with van der Waals surface area (Å²) < 4.78 is 0. The van der Waals surface area contributed by atoms with Gasteiger partial charge in [-0.25, -0.2) is 0 Å². The van der Waals surface area contributed by atoms with Gasteiger partial charge in [0.15, 0.2) is 5.78 Å². The molecule has 0 aromatic carbocycles.